The second kappa shape index (κ2) is 6.88. The van der Waals surface area contributed by atoms with Gasteiger partial charge in [0.15, 0.2) is 5.78 Å². The molecule has 0 saturated heterocycles. The molecular formula is C15H20F3NO. The SMILES string of the molecule is CCN(CC)CCC(=O)c1ccc(C(F)(F)F)cc1C. The summed E-state index contributed by atoms with van der Waals surface area (Å²) in [5, 5.41) is 0. The molecule has 0 aliphatic rings. The molecule has 1 rings (SSSR count). The first kappa shape index (κ1) is 16.7. The van der Waals surface area contributed by atoms with Crippen molar-refractivity contribution in [2.45, 2.75) is 33.4 Å². The van der Waals surface area contributed by atoms with Gasteiger partial charge in [0.2, 0.25) is 0 Å². The van der Waals surface area contributed by atoms with Crippen molar-refractivity contribution in [3.8, 4) is 0 Å². The number of halogens is 3. The van der Waals surface area contributed by atoms with E-state index in [1.807, 2.05) is 13.8 Å². The summed E-state index contributed by atoms with van der Waals surface area (Å²) in [6.07, 6.45) is -4.04. The van der Waals surface area contributed by atoms with E-state index in [1.54, 1.807) is 6.92 Å². The first-order chi connectivity index (χ1) is 9.29. The monoisotopic (exact) mass is 287 g/mol. The second-order valence-electron chi connectivity index (χ2n) is 4.73. The molecule has 0 saturated carbocycles. The van der Waals surface area contributed by atoms with E-state index >= 15 is 0 Å². The van der Waals surface area contributed by atoms with Crippen LogP contribution in [0, 0.1) is 6.92 Å². The summed E-state index contributed by atoms with van der Waals surface area (Å²) < 4.78 is 37.7. The van der Waals surface area contributed by atoms with Crippen LogP contribution in [0.25, 0.3) is 0 Å². The lowest BCUT2D eigenvalue weighted by Gasteiger charge is -2.17. The fourth-order valence-electron chi connectivity index (χ4n) is 2.09. The zero-order valence-electron chi connectivity index (χ0n) is 12.0. The molecule has 0 unspecified atom stereocenters. The van der Waals surface area contributed by atoms with Crippen LogP contribution in [0.3, 0.4) is 0 Å². The van der Waals surface area contributed by atoms with Crippen LogP contribution in [0.1, 0.15) is 41.8 Å². The van der Waals surface area contributed by atoms with Crippen molar-refractivity contribution < 1.29 is 18.0 Å². The molecule has 0 heterocycles. The van der Waals surface area contributed by atoms with E-state index in [2.05, 4.69) is 4.90 Å². The topological polar surface area (TPSA) is 20.3 Å². The lowest BCUT2D eigenvalue weighted by molar-refractivity contribution is -0.137. The zero-order chi connectivity index (χ0) is 15.3. The van der Waals surface area contributed by atoms with Crippen LogP contribution < -0.4 is 0 Å². The molecule has 0 aromatic heterocycles. The molecule has 1 aromatic carbocycles. The Balaban J connectivity index is 2.79. The smallest absolute Gasteiger partial charge is 0.303 e. The van der Waals surface area contributed by atoms with Gasteiger partial charge in [-0.2, -0.15) is 13.2 Å². The van der Waals surface area contributed by atoms with Gasteiger partial charge in [-0.1, -0.05) is 19.9 Å². The molecule has 2 nitrogen and oxygen atoms in total. The van der Waals surface area contributed by atoms with Gasteiger partial charge < -0.3 is 4.90 Å². The third kappa shape index (κ3) is 4.34. The molecule has 0 aliphatic heterocycles. The molecule has 0 N–H and O–H groups in total. The number of carbonyl (C=O) groups excluding carboxylic acids is 1. The predicted octanol–water partition coefficient (Wildman–Crippen LogP) is 3.93. The van der Waals surface area contributed by atoms with Crippen molar-refractivity contribution in [1.82, 2.24) is 4.90 Å². The van der Waals surface area contributed by atoms with Crippen molar-refractivity contribution in [3.63, 3.8) is 0 Å². The van der Waals surface area contributed by atoms with Gasteiger partial charge in [0.1, 0.15) is 0 Å². The van der Waals surface area contributed by atoms with Crippen molar-refractivity contribution >= 4 is 5.78 Å². The zero-order valence-corrected chi connectivity index (χ0v) is 12.0. The Morgan fingerprint density at radius 1 is 1.20 bits per heavy atom. The lowest BCUT2D eigenvalue weighted by atomic mass is 9.99. The minimum absolute atomic E-state index is 0.108. The number of carbonyl (C=O) groups is 1. The van der Waals surface area contributed by atoms with Gasteiger partial charge in [-0.05, 0) is 37.7 Å². The molecule has 0 spiro atoms. The van der Waals surface area contributed by atoms with Crippen LogP contribution >= 0.6 is 0 Å². The first-order valence-electron chi connectivity index (χ1n) is 6.73. The highest BCUT2D eigenvalue weighted by Crippen LogP contribution is 2.30. The molecule has 0 bridgehead atoms. The number of hydrogen-bond donors (Lipinski definition) is 0. The van der Waals surface area contributed by atoms with E-state index < -0.39 is 11.7 Å². The number of ketones is 1. The Kier molecular flexibility index (Phi) is 5.74. The van der Waals surface area contributed by atoms with Crippen molar-refractivity contribution in [2.75, 3.05) is 19.6 Å². The number of Topliss-reactive ketones (excluding diaryl/α,β-unsaturated/α-hetero) is 1. The summed E-state index contributed by atoms with van der Waals surface area (Å²) in [5.74, 6) is -0.108. The summed E-state index contributed by atoms with van der Waals surface area (Å²) in [6.45, 7) is 7.91. The van der Waals surface area contributed by atoms with Crippen LogP contribution in [-0.4, -0.2) is 30.3 Å². The van der Waals surface area contributed by atoms with Gasteiger partial charge in [0.05, 0.1) is 5.56 Å². The highest BCUT2D eigenvalue weighted by molar-refractivity contribution is 5.97. The Bertz CT molecular complexity index is 465. The number of alkyl halides is 3. The molecule has 0 radical (unpaired) electrons. The summed E-state index contributed by atoms with van der Waals surface area (Å²) in [4.78, 5) is 14.2. The van der Waals surface area contributed by atoms with Crippen LogP contribution in [0.4, 0.5) is 13.2 Å². The molecule has 0 atom stereocenters. The number of nitrogens with zero attached hydrogens (tertiary/aromatic N) is 1. The van der Waals surface area contributed by atoms with E-state index in [4.69, 9.17) is 0 Å². The van der Waals surface area contributed by atoms with Crippen LogP contribution in [0.2, 0.25) is 0 Å². The minimum Gasteiger partial charge on any atom is -0.303 e. The maximum atomic E-state index is 12.6. The Morgan fingerprint density at radius 2 is 1.80 bits per heavy atom. The first-order valence-corrected chi connectivity index (χ1v) is 6.73. The molecule has 0 fully saturated rings. The van der Waals surface area contributed by atoms with Gasteiger partial charge in [-0.25, -0.2) is 0 Å². The molecule has 20 heavy (non-hydrogen) atoms. The van der Waals surface area contributed by atoms with E-state index in [9.17, 15) is 18.0 Å². The van der Waals surface area contributed by atoms with Gasteiger partial charge in [-0.15, -0.1) is 0 Å². The number of benzene rings is 1. The van der Waals surface area contributed by atoms with E-state index in [1.165, 1.54) is 6.07 Å². The highest BCUT2D eigenvalue weighted by Gasteiger charge is 2.30. The maximum absolute atomic E-state index is 12.6. The third-order valence-electron chi connectivity index (χ3n) is 3.40. The molecule has 5 heteroatoms. The summed E-state index contributed by atoms with van der Waals surface area (Å²) in [7, 11) is 0. The Labute approximate surface area is 117 Å². The molecule has 112 valence electrons. The van der Waals surface area contributed by atoms with Gasteiger partial charge in [0, 0.05) is 18.5 Å². The molecule has 1 aromatic rings. The average molecular weight is 287 g/mol. The molecule has 0 amide bonds. The highest BCUT2D eigenvalue weighted by atomic mass is 19.4. The van der Waals surface area contributed by atoms with Gasteiger partial charge in [0.25, 0.3) is 0 Å². The van der Waals surface area contributed by atoms with Gasteiger partial charge in [-0.3, -0.25) is 4.79 Å². The lowest BCUT2D eigenvalue weighted by Crippen LogP contribution is -2.26. The van der Waals surface area contributed by atoms with Crippen molar-refractivity contribution in [2.24, 2.45) is 0 Å². The van der Waals surface area contributed by atoms with E-state index in [0.717, 1.165) is 25.2 Å². The number of rotatable bonds is 6. The number of hydrogen-bond acceptors (Lipinski definition) is 2. The normalized spacial score (nSPS) is 11.9. The molecule has 0 aliphatic carbocycles. The summed E-state index contributed by atoms with van der Waals surface area (Å²) in [6, 6.07) is 3.28. The van der Waals surface area contributed by atoms with Crippen LogP contribution in [-0.2, 0) is 6.18 Å². The van der Waals surface area contributed by atoms with Crippen LogP contribution in [0.5, 0.6) is 0 Å². The molecular weight excluding hydrogens is 267 g/mol. The van der Waals surface area contributed by atoms with Gasteiger partial charge >= 0.3 is 6.18 Å². The van der Waals surface area contributed by atoms with E-state index in [-0.39, 0.29) is 5.78 Å². The fraction of sp³-hybridized carbons (Fsp3) is 0.533. The Hall–Kier alpha value is -1.36. The summed E-state index contributed by atoms with van der Waals surface area (Å²) in [5.41, 5.74) is 0.0461. The quantitative estimate of drug-likeness (QED) is 0.739. The summed E-state index contributed by atoms with van der Waals surface area (Å²) >= 11 is 0. The van der Waals surface area contributed by atoms with Crippen molar-refractivity contribution in [1.29, 1.82) is 0 Å². The largest absolute Gasteiger partial charge is 0.416 e. The minimum atomic E-state index is -4.37. The maximum Gasteiger partial charge on any atom is 0.416 e. The predicted molar refractivity (Wildman–Crippen MR) is 72.9 cm³/mol. The van der Waals surface area contributed by atoms with E-state index in [0.29, 0.717) is 24.1 Å². The fourth-order valence-corrected chi connectivity index (χ4v) is 2.09. The van der Waals surface area contributed by atoms with Crippen molar-refractivity contribution in [3.05, 3.63) is 34.9 Å². The standard InChI is InChI=1S/C15H20F3NO/c1-4-19(5-2)9-8-14(20)13-7-6-12(10-11(13)3)15(16,17)18/h6-7,10H,4-5,8-9H2,1-3H3. The number of aryl methyl sites for hydroxylation is 1. The average Bonchev–Trinajstić information content (AvgIpc) is 2.38. The third-order valence-corrected chi connectivity index (χ3v) is 3.40. The Morgan fingerprint density at radius 3 is 2.25 bits per heavy atom. The second-order valence-corrected chi connectivity index (χ2v) is 4.73. The van der Waals surface area contributed by atoms with Crippen LogP contribution in [0.15, 0.2) is 18.2 Å².